The van der Waals surface area contributed by atoms with Crippen molar-refractivity contribution in [2.75, 3.05) is 26.8 Å². The summed E-state index contributed by atoms with van der Waals surface area (Å²) < 4.78 is 6.68. The van der Waals surface area contributed by atoms with E-state index in [1.807, 2.05) is 13.0 Å². The largest absolute Gasteiger partial charge is 0.384 e. The average molecular weight is 321 g/mol. The molecule has 1 aliphatic heterocycles. The molecule has 22 heavy (non-hydrogen) atoms. The number of carbonyl (C=O) groups excluding carboxylic acids is 1. The topological polar surface area (TPSA) is 64.4 Å². The summed E-state index contributed by atoms with van der Waals surface area (Å²) in [5.41, 5.74) is 0.00976. The van der Waals surface area contributed by atoms with Crippen LogP contribution in [0.5, 0.6) is 0 Å². The van der Waals surface area contributed by atoms with Gasteiger partial charge >= 0.3 is 0 Å². The smallest absolute Gasteiger partial charge is 0.262 e. The third-order valence-corrected chi connectivity index (χ3v) is 4.87. The van der Waals surface area contributed by atoms with Crippen molar-refractivity contribution in [1.82, 2.24) is 14.5 Å². The van der Waals surface area contributed by atoms with Gasteiger partial charge in [0.2, 0.25) is 5.91 Å². The standard InChI is InChI=1S/C15H19N3O3S/c1-10-9-11-14(22-10)16-12-3-5-17(13(19)4-8-21-2)6-7-18(12)15(11)20/h9H,3-8H2,1-2H3. The molecule has 0 bridgehead atoms. The quantitative estimate of drug-likeness (QED) is 0.852. The average Bonchev–Trinajstić information content (AvgIpc) is 2.74. The molecule has 0 fully saturated rings. The zero-order valence-electron chi connectivity index (χ0n) is 12.8. The lowest BCUT2D eigenvalue weighted by Crippen LogP contribution is -2.34. The summed E-state index contributed by atoms with van der Waals surface area (Å²) in [4.78, 5) is 33.0. The van der Waals surface area contributed by atoms with Gasteiger partial charge in [-0.15, -0.1) is 11.3 Å². The van der Waals surface area contributed by atoms with Gasteiger partial charge in [0.05, 0.1) is 18.4 Å². The van der Waals surface area contributed by atoms with Gasteiger partial charge in [-0.3, -0.25) is 14.2 Å². The van der Waals surface area contributed by atoms with Crippen LogP contribution in [-0.4, -0.2) is 47.2 Å². The number of methoxy groups -OCH3 is 1. The van der Waals surface area contributed by atoms with E-state index in [9.17, 15) is 9.59 Å². The summed E-state index contributed by atoms with van der Waals surface area (Å²) in [5.74, 6) is 0.849. The Kier molecular flexibility index (Phi) is 4.26. The predicted molar refractivity (Wildman–Crippen MR) is 85.4 cm³/mol. The van der Waals surface area contributed by atoms with E-state index in [1.54, 1.807) is 27.9 Å². The van der Waals surface area contributed by atoms with E-state index in [0.717, 1.165) is 15.5 Å². The number of nitrogens with zero attached hydrogens (tertiary/aromatic N) is 3. The fourth-order valence-corrected chi connectivity index (χ4v) is 3.65. The second-order valence-electron chi connectivity index (χ2n) is 5.43. The fourth-order valence-electron chi connectivity index (χ4n) is 2.76. The van der Waals surface area contributed by atoms with Gasteiger partial charge in [-0.05, 0) is 13.0 Å². The molecule has 7 heteroatoms. The van der Waals surface area contributed by atoms with Gasteiger partial charge in [0, 0.05) is 38.0 Å². The highest BCUT2D eigenvalue weighted by Gasteiger charge is 2.21. The molecule has 0 spiro atoms. The van der Waals surface area contributed by atoms with Crippen molar-refractivity contribution in [2.45, 2.75) is 26.3 Å². The van der Waals surface area contributed by atoms with Gasteiger partial charge < -0.3 is 9.64 Å². The fraction of sp³-hybridized carbons (Fsp3) is 0.533. The number of hydrogen-bond acceptors (Lipinski definition) is 5. The zero-order valence-corrected chi connectivity index (χ0v) is 13.6. The second-order valence-corrected chi connectivity index (χ2v) is 6.67. The first-order valence-electron chi connectivity index (χ1n) is 7.36. The molecule has 0 N–H and O–H groups in total. The number of amides is 1. The highest BCUT2D eigenvalue weighted by Crippen LogP contribution is 2.21. The van der Waals surface area contributed by atoms with Crippen LogP contribution in [0.15, 0.2) is 10.9 Å². The predicted octanol–water partition coefficient (Wildman–Crippen LogP) is 1.19. The van der Waals surface area contributed by atoms with Crippen molar-refractivity contribution in [1.29, 1.82) is 0 Å². The Morgan fingerprint density at radius 3 is 3.00 bits per heavy atom. The molecule has 0 aliphatic carbocycles. The van der Waals surface area contributed by atoms with E-state index in [0.29, 0.717) is 44.5 Å². The maximum Gasteiger partial charge on any atom is 0.262 e. The number of ether oxygens (including phenoxy) is 1. The second kappa shape index (κ2) is 6.18. The molecule has 0 atom stereocenters. The van der Waals surface area contributed by atoms with Crippen LogP contribution in [0.2, 0.25) is 0 Å². The monoisotopic (exact) mass is 321 g/mol. The molecule has 3 heterocycles. The van der Waals surface area contributed by atoms with Gasteiger partial charge in [0.1, 0.15) is 10.7 Å². The number of aryl methyl sites for hydroxylation is 1. The van der Waals surface area contributed by atoms with Gasteiger partial charge in [-0.25, -0.2) is 4.98 Å². The molecule has 0 unspecified atom stereocenters. The maximum atomic E-state index is 12.6. The van der Waals surface area contributed by atoms with E-state index < -0.39 is 0 Å². The number of carbonyl (C=O) groups is 1. The Balaban J connectivity index is 1.87. The van der Waals surface area contributed by atoms with Crippen molar-refractivity contribution >= 4 is 27.5 Å². The molecule has 0 saturated carbocycles. The minimum absolute atomic E-state index is 0.00976. The van der Waals surface area contributed by atoms with Crippen molar-refractivity contribution in [2.24, 2.45) is 0 Å². The highest BCUT2D eigenvalue weighted by molar-refractivity contribution is 7.18. The third-order valence-electron chi connectivity index (χ3n) is 3.93. The Bertz CT molecular complexity index is 765. The number of thiophene rings is 1. The third kappa shape index (κ3) is 2.78. The first kappa shape index (κ1) is 15.2. The molecule has 0 aromatic carbocycles. The van der Waals surface area contributed by atoms with Crippen LogP contribution in [0.3, 0.4) is 0 Å². The lowest BCUT2D eigenvalue weighted by atomic mass is 10.3. The number of rotatable bonds is 3. The molecule has 2 aromatic heterocycles. The maximum absolute atomic E-state index is 12.6. The molecule has 1 aliphatic rings. The van der Waals surface area contributed by atoms with Crippen molar-refractivity contribution < 1.29 is 9.53 Å². The van der Waals surface area contributed by atoms with E-state index in [1.165, 1.54) is 0 Å². The lowest BCUT2D eigenvalue weighted by molar-refractivity contribution is -0.132. The van der Waals surface area contributed by atoms with E-state index in [4.69, 9.17) is 4.74 Å². The molecule has 6 nitrogen and oxygen atoms in total. The summed E-state index contributed by atoms with van der Waals surface area (Å²) in [6.07, 6.45) is 0.990. The van der Waals surface area contributed by atoms with Crippen molar-refractivity contribution in [3.8, 4) is 0 Å². The first-order chi connectivity index (χ1) is 10.6. The Morgan fingerprint density at radius 2 is 2.23 bits per heavy atom. The summed E-state index contributed by atoms with van der Waals surface area (Å²) in [6.45, 7) is 4.06. The van der Waals surface area contributed by atoms with Crippen LogP contribution in [0.4, 0.5) is 0 Å². The Morgan fingerprint density at radius 1 is 1.41 bits per heavy atom. The molecule has 0 radical (unpaired) electrons. The summed E-state index contributed by atoms with van der Waals surface area (Å²) in [5, 5.41) is 0.686. The van der Waals surface area contributed by atoms with Crippen LogP contribution in [0.25, 0.3) is 10.2 Å². The summed E-state index contributed by atoms with van der Waals surface area (Å²) in [7, 11) is 1.59. The normalized spacial score (nSPS) is 14.9. The van der Waals surface area contributed by atoms with E-state index in [2.05, 4.69) is 4.98 Å². The Hall–Kier alpha value is -1.73. The lowest BCUT2D eigenvalue weighted by Gasteiger charge is -2.19. The van der Waals surface area contributed by atoms with Crippen LogP contribution in [0, 0.1) is 6.92 Å². The number of fused-ring (bicyclic) bond motifs is 2. The minimum atomic E-state index is 0.00976. The highest BCUT2D eigenvalue weighted by atomic mass is 32.1. The van der Waals surface area contributed by atoms with E-state index >= 15 is 0 Å². The van der Waals surface area contributed by atoms with Crippen molar-refractivity contribution in [3.63, 3.8) is 0 Å². The Labute approximate surface area is 132 Å². The molecule has 118 valence electrons. The van der Waals surface area contributed by atoms with Crippen molar-refractivity contribution in [3.05, 3.63) is 27.1 Å². The van der Waals surface area contributed by atoms with Crippen LogP contribution in [-0.2, 0) is 22.5 Å². The molecule has 0 saturated heterocycles. The van der Waals surface area contributed by atoms with Gasteiger partial charge in [0.15, 0.2) is 0 Å². The number of aromatic nitrogens is 2. The molecular weight excluding hydrogens is 302 g/mol. The van der Waals surface area contributed by atoms with E-state index in [-0.39, 0.29) is 11.5 Å². The van der Waals surface area contributed by atoms with Gasteiger partial charge in [0.25, 0.3) is 5.56 Å². The minimum Gasteiger partial charge on any atom is -0.384 e. The molecule has 2 aromatic rings. The zero-order chi connectivity index (χ0) is 15.7. The SMILES string of the molecule is COCCC(=O)N1CCc2nc3sc(C)cc3c(=O)n2CC1. The molecular formula is C15H19N3O3S. The first-order valence-corrected chi connectivity index (χ1v) is 8.18. The molecule has 1 amide bonds. The summed E-state index contributed by atoms with van der Waals surface area (Å²) >= 11 is 1.54. The van der Waals surface area contributed by atoms with Gasteiger partial charge in [-0.1, -0.05) is 0 Å². The number of hydrogen-bond donors (Lipinski definition) is 0. The van der Waals surface area contributed by atoms with Crippen LogP contribution in [0.1, 0.15) is 17.1 Å². The van der Waals surface area contributed by atoms with Crippen LogP contribution < -0.4 is 5.56 Å². The summed E-state index contributed by atoms with van der Waals surface area (Å²) in [6, 6.07) is 1.90. The molecule has 3 rings (SSSR count). The van der Waals surface area contributed by atoms with Crippen LogP contribution >= 0.6 is 11.3 Å². The van der Waals surface area contributed by atoms with Gasteiger partial charge in [-0.2, -0.15) is 0 Å².